The first-order chi connectivity index (χ1) is 10.5. The maximum atomic E-state index is 12.7. The van der Waals surface area contributed by atoms with Crippen LogP contribution in [-0.2, 0) is 4.79 Å². The Morgan fingerprint density at radius 1 is 1.23 bits per heavy atom. The molecule has 4 nitrogen and oxygen atoms in total. The number of rotatable bonds is 6. The molecule has 1 aliphatic rings. The molecule has 0 bridgehead atoms. The molecule has 120 valence electrons. The van der Waals surface area contributed by atoms with Crippen molar-refractivity contribution in [3.8, 4) is 0 Å². The Morgan fingerprint density at radius 3 is 2.41 bits per heavy atom. The van der Waals surface area contributed by atoms with E-state index in [1.54, 1.807) is 4.90 Å². The van der Waals surface area contributed by atoms with Crippen molar-refractivity contribution < 1.29 is 9.59 Å². The van der Waals surface area contributed by atoms with Gasteiger partial charge in [0.1, 0.15) is 6.29 Å². The van der Waals surface area contributed by atoms with Crippen molar-refractivity contribution in [2.24, 2.45) is 5.92 Å². The van der Waals surface area contributed by atoms with Gasteiger partial charge in [0.15, 0.2) is 0 Å². The summed E-state index contributed by atoms with van der Waals surface area (Å²) < 4.78 is 0. The first-order valence-corrected chi connectivity index (χ1v) is 8.01. The molecule has 1 aromatic carbocycles. The van der Waals surface area contributed by atoms with Crippen LogP contribution in [0.4, 0.5) is 4.79 Å². The van der Waals surface area contributed by atoms with E-state index in [1.807, 2.05) is 30.1 Å². The molecule has 2 amide bonds. The largest absolute Gasteiger partial charge is 0.323 e. The van der Waals surface area contributed by atoms with E-state index >= 15 is 0 Å². The molecule has 1 heterocycles. The zero-order valence-corrected chi connectivity index (χ0v) is 13.9. The van der Waals surface area contributed by atoms with Gasteiger partial charge in [0, 0.05) is 19.5 Å². The molecule has 0 aromatic heterocycles. The third kappa shape index (κ3) is 3.16. The van der Waals surface area contributed by atoms with Gasteiger partial charge in [-0.1, -0.05) is 44.2 Å². The van der Waals surface area contributed by atoms with Gasteiger partial charge < -0.3 is 14.6 Å². The summed E-state index contributed by atoms with van der Waals surface area (Å²) in [7, 11) is 1.84. The summed E-state index contributed by atoms with van der Waals surface area (Å²) in [6.45, 7) is 6.33. The number of urea groups is 1. The van der Waals surface area contributed by atoms with Crippen LogP contribution < -0.4 is 0 Å². The molecule has 1 saturated heterocycles. The summed E-state index contributed by atoms with van der Waals surface area (Å²) in [6.07, 6.45) is 2.17. The van der Waals surface area contributed by atoms with Crippen LogP contribution in [-0.4, -0.2) is 41.2 Å². The molecule has 0 unspecified atom stereocenters. The molecule has 4 heteroatoms. The molecular weight excluding hydrogens is 276 g/mol. The van der Waals surface area contributed by atoms with Crippen molar-refractivity contribution in [2.45, 2.75) is 51.7 Å². The lowest BCUT2D eigenvalue weighted by Gasteiger charge is -2.33. The van der Waals surface area contributed by atoms with E-state index in [1.165, 1.54) is 0 Å². The highest BCUT2D eigenvalue weighted by Gasteiger charge is 2.45. The van der Waals surface area contributed by atoms with Crippen molar-refractivity contribution in [2.75, 3.05) is 7.05 Å². The van der Waals surface area contributed by atoms with Gasteiger partial charge in [0.2, 0.25) is 0 Å². The second kappa shape index (κ2) is 6.95. The van der Waals surface area contributed by atoms with E-state index in [4.69, 9.17) is 0 Å². The molecule has 0 saturated carbocycles. The summed E-state index contributed by atoms with van der Waals surface area (Å²) >= 11 is 0. The van der Waals surface area contributed by atoms with Crippen LogP contribution in [0.15, 0.2) is 30.3 Å². The molecule has 22 heavy (non-hydrogen) atoms. The lowest BCUT2D eigenvalue weighted by atomic mass is 9.95. The van der Waals surface area contributed by atoms with Gasteiger partial charge in [-0.2, -0.15) is 0 Å². The van der Waals surface area contributed by atoms with Crippen molar-refractivity contribution in [3.05, 3.63) is 35.9 Å². The molecule has 1 aromatic rings. The van der Waals surface area contributed by atoms with E-state index in [2.05, 4.69) is 32.9 Å². The highest BCUT2D eigenvalue weighted by Crippen LogP contribution is 2.37. The monoisotopic (exact) mass is 302 g/mol. The lowest BCUT2D eigenvalue weighted by Crippen LogP contribution is -2.40. The number of likely N-dealkylation sites (N-methyl/N-ethyl adjacent to an activating group) is 1. The minimum atomic E-state index is -0.0393. The normalized spacial score (nSPS) is 23.2. The maximum Gasteiger partial charge on any atom is 0.320 e. The molecule has 0 radical (unpaired) electrons. The van der Waals surface area contributed by atoms with Gasteiger partial charge in [-0.3, -0.25) is 0 Å². The van der Waals surface area contributed by atoms with Crippen LogP contribution in [0.5, 0.6) is 0 Å². The number of aldehydes is 1. The quantitative estimate of drug-likeness (QED) is 0.755. The Morgan fingerprint density at radius 2 is 1.86 bits per heavy atom. The highest BCUT2D eigenvalue weighted by molar-refractivity contribution is 5.78. The van der Waals surface area contributed by atoms with E-state index in [-0.39, 0.29) is 24.2 Å². The van der Waals surface area contributed by atoms with Gasteiger partial charge in [-0.15, -0.1) is 0 Å². The zero-order chi connectivity index (χ0) is 16.3. The number of carbonyl (C=O) groups is 2. The Balaban J connectivity index is 2.39. The van der Waals surface area contributed by atoms with Gasteiger partial charge >= 0.3 is 6.03 Å². The van der Waals surface area contributed by atoms with Crippen molar-refractivity contribution in [1.82, 2.24) is 9.80 Å². The van der Waals surface area contributed by atoms with E-state index in [0.29, 0.717) is 12.3 Å². The summed E-state index contributed by atoms with van der Waals surface area (Å²) in [6, 6.07) is 10.2. The molecule has 1 aliphatic heterocycles. The third-order valence-corrected chi connectivity index (χ3v) is 4.54. The predicted molar refractivity (Wildman–Crippen MR) is 87.6 cm³/mol. The number of hydrogen-bond donors (Lipinski definition) is 0. The summed E-state index contributed by atoms with van der Waals surface area (Å²) in [5.41, 5.74) is 1.13. The molecule has 0 aliphatic carbocycles. The Hall–Kier alpha value is -1.84. The fourth-order valence-corrected chi connectivity index (χ4v) is 3.37. The van der Waals surface area contributed by atoms with E-state index in [0.717, 1.165) is 18.3 Å². The van der Waals surface area contributed by atoms with E-state index in [9.17, 15) is 9.59 Å². The number of hydrogen-bond acceptors (Lipinski definition) is 2. The maximum absolute atomic E-state index is 12.7. The standard InChI is InChI=1S/C18H26N2O2/c1-13(2)12-16(10-11-21)20-17(14(3)19(4)18(20)22)15-8-6-5-7-9-15/h5-9,11,13-14,16-17H,10,12H2,1-4H3/t14-,16-,17-/m0/s1. The van der Waals surface area contributed by atoms with Crippen LogP contribution in [0.25, 0.3) is 0 Å². The molecule has 2 rings (SSSR count). The average Bonchev–Trinajstić information content (AvgIpc) is 2.71. The predicted octanol–water partition coefficient (Wildman–Crippen LogP) is 3.49. The molecule has 0 N–H and O–H groups in total. The smallest absolute Gasteiger partial charge is 0.320 e. The number of carbonyl (C=O) groups excluding carboxylic acids is 2. The van der Waals surface area contributed by atoms with Gasteiger partial charge in [-0.25, -0.2) is 4.79 Å². The van der Waals surface area contributed by atoms with Crippen LogP contribution in [0.2, 0.25) is 0 Å². The zero-order valence-electron chi connectivity index (χ0n) is 13.9. The number of nitrogens with zero attached hydrogens (tertiary/aromatic N) is 2. The van der Waals surface area contributed by atoms with E-state index < -0.39 is 0 Å². The second-order valence-electron chi connectivity index (χ2n) is 6.58. The first-order valence-electron chi connectivity index (χ1n) is 8.01. The van der Waals surface area contributed by atoms with Gasteiger partial charge in [-0.05, 0) is 24.8 Å². The van der Waals surface area contributed by atoms with Crippen molar-refractivity contribution in [3.63, 3.8) is 0 Å². The number of amides is 2. The fraction of sp³-hybridized carbons (Fsp3) is 0.556. The minimum absolute atomic E-state index is 0.00222. The molecule has 0 spiro atoms. The van der Waals surface area contributed by atoms with Crippen LogP contribution >= 0.6 is 0 Å². The SMILES string of the molecule is CC(C)C[C@H](CC=O)N1C(=O)N(C)[C@@H](C)[C@H]1c1ccccc1. The first kappa shape index (κ1) is 16.5. The lowest BCUT2D eigenvalue weighted by molar-refractivity contribution is -0.108. The molecule has 1 fully saturated rings. The summed E-state index contributed by atoms with van der Waals surface area (Å²) in [5.74, 6) is 0.440. The topological polar surface area (TPSA) is 40.6 Å². The van der Waals surface area contributed by atoms with Crippen molar-refractivity contribution >= 4 is 12.3 Å². The minimum Gasteiger partial charge on any atom is -0.323 e. The fourth-order valence-electron chi connectivity index (χ4n) is 3.37. The van der Waals surface area contributed by atoms with Gasteiger partial charge in [0.25, 0.3) is 0 Å². The highest BCUT2D eigenvalue weighted by atomic mass is 16.2. The summed E-state index contributed by atoms with van der Waals surface area (Å²) in [4.78, 5) is 27.6. The molecular formula is C18H26N2O2. The Labute approximate surface area is 133 Å². The third-order valence-electron chi connectivity index (χ3n) is 4.54. The Kier molecular flexibility index (Phi) is 5.22. The second-order valence-corrected chi connectivity index (χ2v) is 6.58. The van der Waals surface area contributed by atoms with Crippen LogP contribution in [0, 0.1) is 5.92 Å². The summed E-state index contributed by atoms with van der Waals surface area (Å²) in [5, 5.41) is 0. The van der Waals surface area contributed by atoms with Gasteiger partial charge in [0.05, 0.1) is 12.1 Å². The number of benzene rings is 1. The van der Waals surface area contributed by atoms with Crippen molar-refractivity contribution in [1.29, 1.82) is 0 Å². The Bertz CT molecular complexity index is 515. The molecule has 3 atom stereocenters. The average molecular weight is 302 g/mol. The van der Waals surface area contributed by atoms with Crippen LogP contribution in [0.1, 0.15) is 45.2 Å². The van der Waals surface area contributed by atoms with Crippen LogP contribution in [0.3, 0.4) is 0 Å².